The number of carbonyl (C=O) groups excluding carboxylic acids is 2. The molecule has 230 valence electrons. The molecular formula is C39H57NO2. The monoisotopic (exact) mass is 571 g/mol. The molecule has 0 bridgehead atoms. The van der Waals surface area contributed by atoms with Crippen molar-refractivity contribution in [3.05, 3.63) is 48.0 Å². The Labute approximate surface area is 256 Å². The van der Waals surface area contributed by atoms with Crippen LogP contribution in [-0.4, -0.2) is 18.2 Å². The van der Waals surface area contributed by atoms with Gasteiger partial charge in [0.15, 0.2) is 5.78 Å². The van der Waals surface area contributed by atoms with Crippen LogP contribution in [-0.2, 0) is 4.79 Å². The molecule has 0 radical (unpaired) electrons. The Hall–Kier alpha value is -1.90. The normalized spacial score (nSPS) is 45.5. The predicted octanol–water partition coefficient (Wildman–Crippen LogP) is 9.28. The number of fused-ring (bicyclic) bond motifs is 7. The highest BCUT2D eigenvalue weighted by Gasteiger charge is 2.71. The number of rotatable bonds is 5. The molecule has 5 aliphatic rings. The lowest BCUT2D eigenvalue weighted by Crippen LogP contribution is -2.66. The van der Waals surface area contributed by atoms with E-state index in [0.717, 1.165) is 43.4 Å². The van der Waals surface area contributed by atoms with Crippen LogP contribution in [0.2, 0.25) is 0 Å². The topological polar surface area (TPSA) is 46.2 Å². The zero-order valence-electron chi connectivity index (χ0n) is 27.7. The van der Waals surface area contributed by atoms with E-state index in [1.165, 1.54) is 44.1 Å². The van der Waals surface area contributed by atoms with Crippen molar-refractivity contribution >= 4 is 11.7 Å². The maximum Gasteiger partial charge on any atom is 0.251 e. The molecule has 0 spiro atoms. The quantitative estimate of drug-likeness (QED) is 0.358. The molecule has 1 aromatic rings. The lowest BCUT2D eigenvalue weighted by molar-refractivity contribution is -0.240. The molecule has 1 aromatic carbocycles. The van der Waals surface area contributed by atoms with Gasteiger partial charge in [0.1, 0.15) is 0 Å². The van der Waals surface area contributed by atoms with Gasteiger partial charge in [-0.2, -0.15) is 0 Å². The number of ketones is 1. The molecule has 1 N–H and O–H groups in total. The average Bonchev–Trinajstić information content (AvgIpc) is 3.36. The van der Waals surface area contributed by atoms with Crippen LogP contribution in [0.4, 0.5) is 0 Å². The van der Waals surface area contributed by atoms with E-state index >= 15 is 0 Å². The number of carbonyl (C=O) groups is 2. The second kappa shape index (κ2) is 10.1. The summed E-state index contributed by atoms with van der Waals surface area (Å²) < 4.78 is 0. The van der Waals surface area contributed by atoms with Crippen LogP contribution in [0, 0.1) is 62.6 Å². The maximum absolute atomic E-state index is 14.3. The van der Waals surface area contributed by atoms with E-state index in [9.17, 15) is 9.59 Å². The van der Waals surface area contributed by atoms with Crippen LogP contribution in [0.25, 0.3) is 0 Å². The number of allylic oxidation sites excluding steroid dienone is 1. The fraction of sp³-hybridized carbons (Fsp3) is 0.744. The first-order valence-electron chi connectivity index (χ1n) is 17.2. The highest BCUT2D eigenvalue weighted by Crippen LogP contribution is 2.77. The Bertz CT molecular complexity index is 1250. The lowest BCUT2D eigenvalue weighted by atomic mass is 9.32. The lowest BCUT2D eigenvalue weighted by Gasteiger charge is -2.73. The van der Waals surface area contributed by atoms with Gasteiger partial charge >= 0.3 is 0 Å². The van der Waals surface area contributed by atoms with Crippen LogP contribution in [0.1, 0.15) is 123 Å². The van der Waals surface area contributed by atoms with Crippen LogP contribution < -0.4 is 5.32 Å². The van der Waals surface area contributed by atoms with E-state index in [-0.39, 0.29) is 29.1 Å². The molecule has 1 amide bonds. The smallest absolute Gasteiger partial charge is 0.251 e. The van der Waals surface area contributed by atoms with Gasteiger partial charge in [-0.1, -0.05) is 71.9 Å². The molecular weight excluding hydrogens is 514 g/mol. The highest BCUT2D eigenvalue weighted by atomic mass is 16.2. The molecule has 0 heterocycles. The van der Waals surface area contributed by atoms with Gasteiger partial charge in [0, 0.05) is 11.0 Å². The summed E-state index contributed by atoms with van der Waals surface area (Å²) >= 11 is 0. The molecule has 0 aromatic heterocycles. The summed E-state index contributed by atoms with van der Waals surface area (Å²) in [6, 6.07) is 9.31. The van der Waals surface area contributed by atoms with Gasteiger partial charge in [-0.25, -0.2) is 0 Å². The van der Waals surface area contributed by atoms with E-state index in [1.54, 1.807) is 0 Å². The second-order valence-electron chi connectivity index (χ2n) is 17.1. The molecule has 42 heavy (non-hydrogen) atoms. The first-order valence-corrected chi connectivity index (χ1v) is 17.2. The zero-order chi connectivity index (χ0) is 30.3. The fourth-order valence-electron chi connectivity index (χ4n) is 12.8. The maximum atomic E-state index is 14.3. The van der Waals surface area contributed by atoms with Crippen molar-refractivity contribution in [2.75, 3.05) is 6.54 Å². The van der Waals surface area contributed by atoms with Crippen molar-refractivity contribution < 1.29 is 9.59 Å². The van der Waals surface area contributed by atoms with E-state index in [0.29, 0.717) is 39.6 Å². The number of hydrogen-bond donors (Lipinski definition) is 1. The zero-order valence-corrected chi connectivity index (χ0v) is 27.7. The molecule has 10 atom stereocenters. The number of nitrogens with one attached hydrogen (secondary N) is 1. The molecule has 6 rings (SSSR count). The van der Waals surface area contributed by atoms with Gasteiger partial charge in [0.05, 0.1) is 6.54 Å². The second-order valence-corrected chi connectivity index (χ2v) is 17.1. The summed E-state index contributed by atoms with van der Waals surface area (Å²) in [7, 11) is 0. The van der Waals surface area contributed by atoms with Crippen molar-refractivity contribution in [3.8, 4) is 0 Å². The van der Waals surface area contributed by atoms with Gasteiger partial charge in [-0.15, -0.1) is 0 Å². The number of Topliss-reactive ketones (excluding diaryl/α,β-unsaturated/α-hetero) is 1. The minimum absolute atomic E-state index is 0.142. The molecule has 5 aliphatic carbocycles. The molecule has 0 unspecified atom stereocenters. The molecule has 3 heteroatoms. The Kier molecular flexibility index (Phi) is 7.22. The van der Waals surface area contributed by atoms with Gasteiger partial charge in [0.25, 0.3) is 5.91 Å². The number of hydrogen-bond acceptors (Lipinski definition) is 2. The van der Waals surface area contributed by atoms with Crippen molar-refractivity contribution in [1.29, 1.82) is 0 Å². The van der Waals surface area contributed by atoms with Crippen LogP contribution in [0.15, 0.2) is 42.5 Å². The molecule has 5 saturated carbocycles. The van der Waals surface area contributed by atoms with Gasteiger partial charge in [-0.05, 0) is 140 Å². The van der Waals surface area contributed by atoms with Crippen LogP contribution in [0.3, 0.4) is 0 Å². The third-order valence-electron chi connectivity index (χ3n) is 15.6. The fourth-order valence-corrected chi connectivity index (χ4v) is 12.8. The Morgan fingerprint density at radius 1 is 0.833 bits per heavy atom. The van der Waals surface area contributed by atoms with Crippen molar-refractivity contribution in [1.82, 2.24) is 5.32 Å². The largest absolute Gasteiger partial charge is 0.345 e. The molecule has 0 aliphatic heterocycles. The third-order valence-corrected chi connectivity index (χ3v) is 15.6. The van der Waals surface area contributed by atoms with Gasteiger partial charge < -0.3 is 5.32 Å². The van der Waals surface area contributed by atoms with Crippen LogP contribution in [0.5, 0.6) is 0 Å². The standard InChI is InChI=1S/C39H57NO2/c1-25(2)28-17-21-39(32(41)24-40-34(42)27-12-10-9-11-13-27)23-22-37(7)29(33(28)39)14-15-31-36(6)19-16-26(3)35(4,5)30(36)18-20-38(31,37)8/h9-13,26,28-31,33H,1,14-24H2,2-8H3,(H,40,42)/t26-,28-,29+,30-,31+,33+,36-,37+,38+,39+/m0/s1. The third kappa shape index (κ3) is 4.03. The minimum Gasteiger partial charge on any atom is -0.345 e. The SMILES string of the molecule is C=C(C)[C@@H]1CC[C@]2(C(=O)CNC(=O)c3ccccc3)CC[C@]3(C)[C@H](CC[C@@H]4[C@@]5(C)CC[C@H](C)C(C)(C)[C@@H]5CC[C@]43C)[C@@H]12. The van der Waals surface area contributed by atoms with Crippen molar-refractivity contribution in [2.24, 2.45) is 62.6 Å². The molecule has 3 nitrogen and oxygen atoms in total. The summed E-state index contributed by atoms with van der Waals surface area (Å²) in [6.07, 6.45) is 12.1. The minimum atomic E-state index is -0.329. The summed E-state index contributed by atoms with van der Waals surface area (Å²) in [5.74, 6) is 3.79. The Morgan fingerprint density at radius 2 is 1.55 bits per heavy atom. The summed E-state index contributed by atoms with van der Waals surface area (Å²) in [5.41, 5.74) is 2.90. The van der Waals surface area contributed by atoms with Crippen LogP contribution >= 0.6 is 0 Å². The van der Waals surface area contributed by atoms with Gasteiger partial charge in [0.2, 0.25) is 0 Å². The highest BCUT2D eigenvalue weighted by molar-refractivity contribution is 5.98. The summed E-state index contributed by atoms with van der Waals surface area (Å²) in [5, 5.41) is 3.02. The molecule has 5 fully saturated rings. The Morgan fingerprint density at radius 3 is 2.24 bits per heavy atom. The molecule has 0 saturated heterocycles. The summed E-state index contributed by atoms with van der Waals surface area (Å²) in [6.45, 7) is 22.5. The number of amides is 1. The predicted molar refractivity (Wildman–Crippen MR) is 172 cm³/mol. The van der Waals surface area contributed by atoms with E-state index in [2.05, 4.69) is 60.4 Å². The first kappa shape index (κ1) is 30.1. The van der Waals surface area contributed by atoms with E-state index in [1.807, 2.05) is 30.3 Å². The average molecular weight is 572 g/mol. The first-order chi connectivity index (χ1) is 19.7. The van der Waals surface area contributed by atoms with Crippen molar-refractivity contribution in [3.63, 3.8) is 0 Å². The van der Waals surface area contributed by atoms with E-state index in [4.69, 9.17) is 0 Å². The van der Waals surface area contributed by atoms with E-state index < -0.39 is 0 Å². The summed E-state index contributed by atoms with van der Waals surface area (Å²) in [4.78, 5) is 27.3. The van der Waals surface area contributed by atoms with Crippen molar-refractivity contribution in [2.45, 2.75) is 113 Å². The van der Waals surface area contributed by atoms with Gasteiger partial charge in [-0.3, -0.25) is 9.59 Å². The Balaban J connectivity index is 1.31. The number of benzene rings is 1.